The number of nitrogens with one attached hydrogen (secondary N) is 1. The molecule has 0 radical (unpaired) electrons. The van der Waals surface area contributed by atoms with E-state index in [1.165, 1.54) is 0 Å². The monoisotopic (exact) mass is 264 g/mol. The molecule has 1 amide bonds. The molecule has 0 aromatic heterocycles. The average molecular weight is 264 g/mol. The standard InChI is InChI=1S/C15H24N2O2/c1-2-12(10-16)9-15(19)17-14(11-18)8-13-6-4-3-5-7-13/h3-7,12,14,18H,2,8-11,16H2,1H3,(H,17,19)/t12?,14-/m1/s1. The molecule has 106 valence electrons. The number of carbonyl (C=O) groups excluding carboxylic acids is 1. The first-order chi connectivity index (χ1) is 9.19. The third-order valence-corrected chi connectivity index (χ3v) is 3.30. The van der Waals surface area contributed by atoms with Crippen molar-refractivity contribution in [2.75, 3.05) is 13.2 Å². The van der Waals surface area contributed by atoms with E-state index in [1.54, 1.807) is 0 Å². The SMILES string of the molecule is CCC(CN)CC(=O)N[C@@H](CO)Cc1ccccc1. The van der Waals surface area contributed by atoms with Crippen molar-refractivity contribution in [1.82, 2.24) is 5.32 Å². The molecule has 19 heavy (non-hydrogen) atoms. The quantitative estimate of drug-likeness (QED) is 0.657. The minimum Gasteiger partial charge on any atom is -0.394 e. The van der Waals surface area contributed by atoms with Gasteiger partial charge >= 0.3 is 0 Å². The van der Waals surface area contributed by atoms with Crippen LogP contribution in [0.25, 0.3) is 0 Å². The van der Waals surface area contributed by atoms with E-state index in [0.717, 1.165) is 12.0 Å². The predicted octanol–water partition coefficient (Wildman–Crippen LogP) is 1.08. The fourth-order valence-electron chi connectivity index (χ4n) is 2.00. The molecule has 0 heterocycles. The van der Waals surface area contributed by atoms with Gasteiger partial charge in [0.15, 0.2) is 0 Å². The summed E-state index contributed by atoms with van der Waals surface area (Å²) >= 11 is 0. The van der Waals surface area contributed by atoms with E-state index in [9.17, 15) is 9.90 Å². The molecule has 2 atom stereocenters. The second-order valence-corrected chi connectivity index (χ2v) is 4.85. The summed E-state index contributed by atoms with van der Waals surface area (Å²) in [6.07, 6.45) is 1.97. The molecule has 4 N–H and O–H groups in total. The fraction of sp³-hybridized carbons (Fsp3) is 0.533. The maximum absolute atomic E-state index is 11.9. The van der Waals surface area contributed by atoms with Crippen molar-refractivity contribution in [3.05, 3.63) is 35.9 Å². The number of rotatable bonds is 8. The molecular weight excluding hydrogens is 240 g/mol. The van der Waals surface area contributed by atoms with Crippen molar-refractivity contribution < 1.29 is 9.90 Å². The first kappa shape index (κ1) is 15.7. The van der Waals surface area contributed by atoms with Crippen molar-refractivity contribution in [3.63, 3.8) is 0 Å². The molecule has 4 nitrogen and oxygen atoms in total. The number of benzene rings is 1. The normalized spacial score (nSPS) is 13.8. The maximum atomic E-state index is 11.9. The van der Waals surface area contributed by atoms with Crippen molar-refractivity contribution in [3.8, 4) is 0 Å². The molecule has 0 saturated heterocycles. The number of aliphatic hydroxyl groups excluding tert-OH is 1. The Labute approximate surface area is 115 Å². The Kier molecular flexibility index (Phi) is 7.15. The van der Waals surface area contributed by atoms with Gasteiger partial charge in [0.1, 0.15) is 0 Å². The lowest BCUT2D eigenvalue weighted by atomic mass is 10.0. The predicted molar refractivity (Wildman–Crippen MR) is 76.6 cm³/mol. The Hall–Kier alpha value is -1.39. The molecular formula is C15H24N2O2. The first-order valence-corrected chi connectivity index (χ1v) is 6.83. The zero-order chi connectivity index (χ0) is 14.1. The third kappa shape index (κ3) is 5.85. The zero-order valence-corrected chi connectivity index (χ0v) is 11.5. The smallest absolute Gasteiger partial charge is 0.220 e. The minimum absolute atomic E-state index is 0.0349. The number of nitrogens with two attached hydrogens (primary N) is 1. The van der Waals surface area contributed by atoms with E-state index in [1.807, 2.05) is 37.3 Å². The molecule has 1 aromatic rings. The van der Waals surface area contributed by atoms with Crippen LogP contribution >= 0.6 is 0 Å². The Morgan fingerprint density at radius 3 is 2.58 bits per heavy atom. The van der Waals surface area contributed by atoms with Crippen LogP contribution in [0.15, 0.2) is 30.3 Å². The van der Waals surface area contributed by atoms with Crippen LogP contribution in [-0.2, 0) is 11.2 Å². The fourth-order valence-corrected chi connectivity index (χ4v) is 2.00. The Morgan fingerprint density at radius 1 is 1.37 bits per heavy atom. The molecule has 0 saturated carbocycles. The van der Waals surface area contributed by atoms with Crippen LogP contribution in [0.5, 0.6) is 0 Å². The van der Waals surface area contributed by atoms with E-state index < -0.39 is 0 Å². The van der Waals surface area contributed by atoms with Crippen molar-refractivity contribution in [2.45, 2.75) is 32.2 Å². The van der Waals surface area contributed by atoms with Crippen LogP contribution in [0.2, 0.25) is 0 Å². The lowest BCUT2D eigenvalue weighted by Gasteiger charge is -2.18. The van der Waals surface area contributed by atoms with Crippen LogP contribution < -0.4 is 11.1 Å². The molecule has 4 heteroatoms. The lowest BCUT2D eigenvalue weighted by Crippen LogP contribution is -2.40. The van der Waals surface area contributed by atoms with Gasteiger partial charge in [-0.05, 0) is 24.4 Å². The molecule has 1 aromatic carbocycles. The molecule has 0 aliphatic rings. The molecule has 0 aliphatic carbocycles. The van der Waals surface area contributed by atoms with Crippen molar-refractivity contribution >= 4 is 5.91 Å². The van der Waals surface area contributed by atoms with E-state index in [-0.39, 0.29) is 24.5 Å². The number of hydrogen-bond donors (Lipinski definition) is 3. The Bertz CT molecular complexity index is 364. The van der Waals surface area contributed by atoms with Gasteiger partial charge in [-0.1, -0.05) is 43.7 Å². The topological polar surface area (TPSA) is 75.4 Å². The number of amides is 1. The third-order valence-electron chi connectivity index (χ3n) is 3.30. The summed E-state index contributed by atoms with van der Waals surface area (Å²) in [7, 11) is 0. The van der Waals surface area contributed by atoms with Crippen molar-refractivity contribution in [2.24, 2.45) is 11.7 Å². The summed E-state index contributed by atoms with van der Waals surface area (Å²) < 4.78 is 0. The van der Waals surface area contributed by atoms with Gasteiger partial charge in [0.2, 0.25) is 5.91 Å². The van der Waals surface area contributed by atoms with Crippen LogP contribution in [0.1, 0.15) is 25.3 Å². The summed E-state index contributed by atoms with van der Waals surface area (Å²) in [4.78, 5) is 11.9. The Morgan fingerprint density at radius 2 is 2.05 bits per heavy atom. The second kappa shape index (κ2) is 8.67. The van der Waals surface area contributed by atoms with Gasteiger partial charge in [-0.15, -0.1) is 0 Å². The van der Waals surface area contributed by atoms with Crippen LogP contribution in [0.4, 0.5) is 0 Å². The first-order valence-electron chi connectivity index (χ1n) is 6.83. The van der Waals surface area contributed by atoms with E-state index in [2.05, 4.69) is 5.32 Å². The zero-order valence-electron chi connectivity index (χ0n) is 11.5. The maximum Gasteiger partial charge on any atom is 0.220 e. The summed E-state index contributed by atoms with van der Waals surface area (Å²) in [6, 6.07) is 9.60. The summed E-state index contributed by atoms with van der Waals surface area (Å²) in [6.45, 7) is 2.49. The number of hydrogen-bond acceptors (Lipinski definition) is 3. The molecule has 0 fully saturated rings. The van der Waals surface area contributed by atoms with Crippen LogP contribution in [0.3, 0.4) is 0 Å². The van der Waals surface area contributed by atoms with Gasteiger partial charge in [0, 0.05) is 6.42 Å². The van der Waals surface area contributed by atoms with Gasteiger partial charge in [-0.25, -0.2) is 0 Å². The highest BCUT2D eigenvalue weighted by Gasteiger charge is 2.15. The Balaban J connectivity index is 2.46. The van der Waals surface area contributed by atoms with E-state index in [4.69, 9.17) is 5.73 Å². The van der Waals surface area contributed by atoms with Crippen LogP contribution in [-0.4, -0.2) is 30.2 Å². The average Bonchev–Trinajstić information content (AvgIpc) is 2.45. The lowest BCUT2D eigenvalue weighted by molar-refractivity contribution is -0.123. The largest absolute Gasteiger partial charge is 0.394 e. The molecule has 0 spiro atoms. The minimum atomic E-state index is -0.231. The highest BCUT2D eigenvalue weighted by molar-refractivity contribution is 5.76. The molecule has 1 unspecified atom stereocenters. The molecule has 1 rings (SSSR count). The summed E-state index contributed by atoms with van der Waals surface area (Å²) in [5.74, 6) is 0.184. The highest BCUT2D eigenvalue weighted by Crippen LogP contribution is 2.07. The van der Waals surface area contributed by atoms with Gasteiger partial charge < -0.3 is 16.2 Å². The summed E-state index contributed by atoms with van der Waals surface area (Å²) in [5, 5.41) is 12.2. The summed E-state index contributed by atoms with van der Waals surface area (Å²) in [5.41, 5.74) is 6.69. The molecule has 0 bridgehead atoms. The van der Waals surface area contributed by atoms with Crippen LogP contribution in [0, 0.1) is 5.92 Å². The van der Waals surface area contributed by atoms with Gasteiger partial charge in [-0.2, -0.15) is 0 Å². The van der Waals surface area contributed by atoms with Gasteiger partial charge in [-0.3, -0.25) is 4.79 Å². The van der Waals surface area contributed by atoms with Gasteiger partial charge in [0.25, 0.3) is 0 Å². The number of carbonyl (C=O) groups is 1. The highest BCUT2D eigenvalue weighted by atomic mass is 16.3. The second-order valence-electron chi connectivity index (χ2n) is 4.85. The molecule has 0 aliphatic heterocycles. The van der Waals surface area contributed by atoms with E-state index in [0.29, 0.717) is 19.4 Å². The van der Waals surface area contributed by atoms with E-state index >= 15 is 0 Å². The van der Waals surface area contributed by atoms with Crippen molar-refractivity contribution in [1.29, 1.82) is 0 Å². The number of aliphatic hydroxyl groups is 1. The van der Waals surface area contributed by atoms with Gasteiger partial charge in [0.05, 0.1) is 12.6 Å².